The summed E-state index contributed by atoms with van der Waals surface area (Å²) < 4.78 is 0. The van der Waals surface area contributed by atoms with Crippen LogP contribution in [0.4, 0.5) is 0 Å². The Hall–Kier alpha value is 0.570. The van der Waals surface area contributed by atoms with Crippen molar-refractivity contribution in [1.29, 1.82) is 0 Å². The van der Waals surface area contributed by atoms with Gasteiger partial charge < -0.3 is 0 Å². The van der Waals surface area contributed by atoms with Gasteiger partial charge in [0.2, 0.25) is 10.2 Å². The number of hydrogen-bond donors (Lipinski definition) is 0. The van der Waals surface area contributed by atoms with Crippen LogP contribution < -0.4 is 0 Å². The molecular formula is C16H26O2S5. The van der Waals surface area contributed by atoms with Crippen LogP contribution in [0.3, 0.4) is 0 Å². The first-order chi connectivity index (χ1) is 10.8. The second-order valence-electron chi connectivity index (χ2n) is 5.06. The molecule has 0 saturated heterocycles. The highest BCUT2D eigenvalue weighted by Crippen LogP contribution is 2.27. The number of carbonyl (C=O) groups excluding carboxylic acids is 2. The van der Waals surface area contributed by atoms with Crippen molar-refractivity contribution in [3.05, 3.63) is 24.3 Å². The fraction of sp³-hybridized carbons (Fsp3) is 0.625. The maximum atomic E-state index is 11.8. The molecule has 0 aliphatic heterocycles. The summed E-state index contributed by atoms with van der Waals surface area (Å²) >= 11 is 8.11. The maximum absolute atomic E-state index is 11.8. The van der Waals surface area contributed by atoms with Crippen LogP contribution in [0.25, 0.3) is 0 Å². The molecule has 7 heteroatoms. The minimum atomic E-state index is 0.0807. The summed E-state index contributed by atoms with van der Waals surface area (Å²) in [6.45, 7) is 10.9. The van der Waals surface area contributed by atoms with E-state index >= 15 is 0 Å². The van der Waals surface area contributed by atoms with Gasteiger partial charge in [-0.05, 0) is 37.5 Å². The standard InChI is InChI=1S/C16H26O2S5/c1-11(2)15(17)22-13(7-19-5)9-21-10-14(8-20-6)23-16(18)12(3)4/h13-14H,1,3,7-10H2,2,4-6H3. The molecule has 0 fully saturated rings. The van der Waals surface area contributed by atoms with Crippen LogP contribution >= 0.6 is 58.8 Å². The fourth-order valence-electron chi connectivity index (χ4n) is 1.44. The van der Waals surface area contributed by atoms with E-state index in [1.54, 1.807) is 37.4 Å². The van der Waals surface area contributed by atoms with Crippen LogP contribution in [0.15, 0.2) is 24.3 Å². The Morgan fingerprint density at radius 3 is 1.39 bits per heavy atom. The predicted molar refractivity (Wildman–Crippen MR) is 116 cm³/mol. The Balaban J connectivity index is 4.39. The molecule has 0 bridgehead atoms. The second-order valence-corrected chi connectivity index (χ2v) is 10.5. The van der Waals surface area contributed by atoms with Gasteiger partial charge in [-0.1, -0.05) is 36.7 Å². The van der Waals surface area contributed by atoms with Gasteiger partial charge in [-0.15, -0.1) is 0 Å². The summed E-state index contributed by atoms with van der Waals surface area (Å²) in [5.74, 6) is 3.72. The minimum absolute atomic E-state index is 0.0807. The van der Waals surface area contributed by atoms with Gasteiger partial charge in [-0.2, -0.15) is 35.3 Å². The quantitative estimate of drug-likeness (QED) is 0.425. The zero-order chi connectivity index (χ0) is 17.8. The third kappa shape index (κ3) is 11.7. The highest BCUT2D eigenvalue weighted by Gasteiger charge is 2.18. The van der Waals surface area contributed by atoms with Crippen molar-refractivity contribution in [2.24, 2.45) is 0 Å². The summed E-state index contributed by atoms with van der Waals surface area (Å²) in [5.41, 5.74) is 1.21. The third-order valence-corrected chi connectivity index (χ3v) is 8.61. The first-order valence-electron chi connectivity index (χ1n) is 7.10. The van der Waals surface area contributed by atoms with Gasteiger partial charge in [-0.25, -0.2) is 0 Å². The first-order valence-corrected chi connectivity index (χ1v) is 12.8. The topological polar surface area (TPSA) is 34.1 Å². The molecule has 2 atom stereocenters. The molecule has 0 aromatic heterocycles. The van der Waals surface area contributed by atoms with Crippen LogP contribution in [-0.2, 0) is 9.59 Å². The number of thioether (sulfide) groups is 5. The molecule has 0 saturated carbocycles. The van der Waals surface area contributed by atoms with Crippen molar-refractivity contribution in [1.82, 2.24) is 0 Å². The molecule has 0 aromatic carbocycles. The Morgan fingerprint density at radius 2 is 1.13 bits per heavy atom. The van der Waals surface area contributed by atoms with Gasteiger partial charge in [0.05, 0.1) is 0 Å². The lowest BCUT2D eigenvalue weighted by Crippen LogP contribution is -2.18. The van der Waals surface area contributed by atoms with Crippen LogP contribution in [-0.4, -0.2) is 56.3 Å². The van der Waals surface area contributed by atoms with E-state index in [9.17, 15) is 9.59 Å². The van der Waals surface area contributed by atoms with Crippen LogP contribution in [0.2, 0.25) is 0 Å². The molecule has 0 aromatic rings. The van der Waals surface area contributed by atoms with E-state index in [4.69, 9.17) is 0 Å². The molecule has 0 rings (SSSR count). The summed E-state index contributed by atoms with van der Waals surface area (Å²) in [4.78, 5) is 23.7. The largest absolute Gasteiger partial charge is 0.282 e. The van der Waals surface area contributed by atoms with E-state index in [-0.39, 0.29) is 20.7 Å². The molecule has 0 radical (unpaired) electrons. The molecule has 0 aliphatic rings. The maximum Gasteiger partial charge on any atom is 0.214 e. The number of carbonyl (C=O) groups is 2. The van der Waals surface area contributed by atoms with Crippen LogP contribution in [0.5, 0.6) is 0 Å². The van der Waals surface area contributed by atoms with E-state index in [1.165, 1.54) is 23.5 Å². The number of rotatable bonds is 12. The summed E-state index contributed by atoms with van der Waals surface area (Å²) in [7, 11) is 0. The lowest BCUT2D eigenvalue weighted by Gasteiger charge is -2.17. The Bertz CT molecular complexity index is 385. The molecule has 2 nitrogen and oxygen atoms in total. The Labute approximate surface area is 162 Å². The van der Waals surface area contributed by atoms with Gasteiger partial charge in [0.25, 0.3) is 0 Å². The monoisotopic (exact) mass is 410 g/mol. The molecule has 0 spiro atoms. The molecule has 23 heavy (non-hydrogen) atoms. The molecule has 2 unspecified atom stereocenters. The van der Waals surface area contributed by atoms with Crippen LogP contribution in [0.1, 0.15) is 13.8 Å². The second kappa shape index (κ2) is 13.8. The predicted octanol–water partition coefficient (Wildman–Crippen LogP) is 4.85. The Kier molecular flexibility index (Phi) is 14.2. The molecule has 0 heterocycles. The molecule has 0 aliphatic carbocycles. The summed E-state index contributed by atoms with van der Waals surface area (Å²) in [6, 6.07) is 0. The molecule has 0 amide bonds. The third-order valence-electron chi connectivity index (χ3n) is 2.56. The fourth-order valence-corrected chi connectivity index (χ4v) is 7.10. The van der Waals surface area contributed by atoms with Gasteiger partial charge in [0.15, 0.2) is 0 Å². The highest BCUT2D eigenvalue weighted by molar-refractivity contribution is 8.17. The zero-order valence-electron chi connectivity index (χ0n) is 14.3. The van der Waals surface area contributed by atoms with E-state index in [0.29, 0.717) is 11.1 Å². The lowest BCUT2D eigenvalue weighted by molar-refractivity contribution is -0.108. The first kappa shape index (κ1) is 23.6. The van der Waals surface area contributed by atoms with Crippen molar-refractivity contribution in [3.8, 4) is 0 Å². The smallest absolute Gasteiger partial charge is 0.214 e. The molecule has 0 N–H and O–H groups in total. The average Bonchev–Trinajstić information content (AvgIpc) is 2.47. The van der Waals surface area contributed by atoms with E-state index < -0.39 is 0 Å². The SMILES string of the molecule is C=C(C)C(=O)SC(CSC)CSCC(CSC)SC(=O)C(=C)C. The van der Waals surface area contributed by atoms with Crippen molar-refractivity contribution < 1.29 is 9.59 Å². The average molecular weight is 411 g/mol. The van der Waals surface area contributed by atoms with E-state index in [1.807, 2.05) is 11.8 Å². The minimum Gasteiger partial charge on any atom is -0.282 e. The molecular weight excluding hydrogens is 385 g/mol. The van der Waals surface area contributed by atoms with Crippen molar-refractivity contribution in [3.63, 3.8) is 0 Å². The lowest BCUT2D eigenvalue weighted by atomic mass is 10.4. The van der Waals surface area contributed by atoms with Crippen molar-refractivity contribution in [2.45, 2.75) is 24.3 Å². The van der Waals surface area contributed by atoms with Gasteiger partial charge in [0, 0.05) is 33.5 Å². The van der Waals surface area contributed by atoms with Crippen LogP contribution in [0, 0.1) is 0 Å². The van der Waals surface area contributed by atoms with Crippen molar-refractivity contribution >= 4 is 69.0 Å². The van der Waals surface area contributed by atoms with Crippen molar-refractivity contribution in [2.75, 3.05) is 35.5 Å². The zero-order valence-corrected chi connectivity index (χ0v) is 18.3. The summed E-state index contributed by atoms with van der Waals surface area (Å²) in [5, 5.41) is 0.737. The van der Waals surface area contributed by atoms with Gasteiger partial charge in [-0.3, -0.25) is 9.59 Å². The summed E-state index contributed by atoms with van der Waals surface area (Å²) in [6.07, 6.45) is 4.11. The van der Waals surface area contributed by atoms with Gasteiger partial charge >= 0.3 is 0 Å². The normalized spacial score (nSPS) is 13.4. The molecule has 132 valence electrons. The highest BCUT2D eigenvalue weighted by atomic mass is 32.2. The Morgan fingerprint density at radius 1 is 0.783 bits per heavy atom. The van der Waals surface area contributed by atoms with E-state index in [2.05, 4.69) is 25.7 Å². The number of hydrogen-bond acceptors (Lipinski definition) is 7. The van der Waals surface area contributed by atoms with E-state index in [0.717, 1.165) is 23.0 Å². The van der Waals surface area contributed by atoms with Gasteiger partial charge in [0.1, 0.15) is 0 Å².